The Kier molecular flexibility index (Phi) is 6.95. The summed E-state index contributed by atoms with van der Waals surface area (Å²) in [5.41, 5.74) is 3.14. The normalized spacial score (nSPS) is 9.75. The van der Waals surface area contributed by atoms with Crippen molar-refractivity contribution in [3.63, 3.8) is 0 Å². The molecule has 0 unspecified atom stereocenters. The Balaban J connectivity index is 0.000000219. The Hall–Kier alpha value is -1.71. The van der Waals surface area contributed by atoms with Crippen LogP contribution in [0.1, 0.15) is 26.3 Å². The second kappa shape index (κ2) is 8.95. The summed E-state index contributed by atoms with van der Waals surface area (Å²) in [7, 11) is 0. The minimum Gasteiger partial charge on any atom is -0.478 e. The summed E-state index contributed by atoms with van der Waals surface area (Å²) in [6.07, 6.45) is 0. The van der Waals surface area contributed by atoms with Crippen molar-refractivity contribution in [3.05, 3.63) is 72.1 Å². The van der Waals surface area contributed by atoms with Gasteiger partial charge < -0.3 is 10.4 Å². The maximum atomic E-state index is 11.8. The lowest BCUT2D eigenvalue weighted by Gasteiger charge is -2.05. The number of nitrogens with one attached hydrogen (secondary N) is 1. The highest BCUT2D eigenvalue weighted by molar-refractivity contribution is 14.1. The molecule has 0 aliphatic carbocycles. The van der Waals surface area contributed by atoms with Crippen LogP contribution in [0.25, 0.3) is 0 Å². The van der Waals surface area contributed by atoms with Crippen molar-refractivity contribution in [2.24, 2.45) is 0 Å². The molecule has 2 N–H and O–H groups in total. The molecule has 2 aromatic heterocycles. The molecule has 0 aliphatic heterocycles. The SMILES string of the molecule is Cc1ccc(NC(=O)c2ccsc2)cc1I.O=C(O)c1ccsc1. The number of carbonyl (C=O) groups is 2. The third kappa shape index (κ3) is 5.43. The topological polar surface area (TPSA) is 66.4 Å². The molecule has 3 rings (SSSR count). The Morgan fingerprint density at radius 1 is 1.04 bits per heavy atom. The van der Waals surface area contributed by atoms with E-state index in [1.54, 1.807) is 16.8 Å². The van der Waals surface area contributed by atoms with Gasteiger partial charge in [0.25, 0.3) is 5.91 Å². The van der Waals surface area contributed by atoms with Gasteiger partial charge >= 0.3 is 5.97 Å². The van der Waals surface area contributed by atoms with E-state index in [0.717, 1.165) is 9.26 Å². The fourth-order valence-electron chi connectivity index (χ4n) is 1.65. The van der Waals surface area contributed by atoms with Gasteiger partial charge in [0.15, 0.2) is 0 Å². The van der Waals surface area contributed by atoms with Gasteiger partial charge in [-0.2, -0.15) is 22.7 Å². The molecule has 0 saturated carbocycles. The van der Waals surface area contributed by atoms with Crippen molar-refractivity contribution in [1.29, 1.82) is 0 Å². The number of carboxylic acids is 1. The fraction of sp³-hybridized carbons (Fsp3) is 0.0588. The van der Waals surface area contributed by atoms with Crippen molar-refractivity contribution >= 4 is 62.8 Å². The van der Waals surface area contributed by atoms with Gasteiger partial charge in [0.05, 0.1) is 11.1 Å². The van der Waals surface area contributed by atoms with Gasteiger partial charge in [-0.15, -0.1) is 0 Å². The van der Waals surface area contributed by atoms with Crippen molar-refractivity contribution < 1.29 is 14.7 Å². The van der Waals surface area contributed by atoms with Crippen LogP contribution < -0.4 is 5.32 Å². The molecule has 0 bridgehead atoms. The standard InChI is InChI=1S/C12H10INOS.C5H4O2S/c1-8-2-3-10(6-11(8)13)14-12(15)9-4-5-16-7-9;6-5(7)4-1-2-8-3-4/h2-7H,1H3,(H,14,15);1-3H,(H,6,7). The highest BCUT2D eigenvalue weighted by atomic mass is 127. The summed E-state index contributed by atoms with van der Waals surface area (Å²) >= 11 is 5.17. The number of rotatable bonds is 3. The van der Waals surface area contributed by atoms with E-state index in [4.69, 9.17) is 5.11 Å². The number of thiophene rings is 2. The van der Waals surface area contributed by atoms with Gasteiger partial charge in [-0.1, -0.05) is 6.07 Å². The van der Waals surface area contributed by atoms with Gasteiger partial charge in [-0.25, -0.2) is 4.79 Å². The van der Waals surface area contributed by atoms with Crippen LogP contribution in [0, 0.1) is 10.5 Å². The Labute approximate surface area is 161 Å². The predicted octanol–water partition coefficient (Wildman–Crippen LogP) is 5.36. The van der Waals surface area contributed by atoms with Crippen LogP contribution in [0.15, 0.2) is 51.9 Å². The molecule has 124 valence electrons. The molecule has 2 heterocycles. The molecule has 7 heteroatoms. The largest absolute Gasteiger partial charge is 0.478 e. The lowest BCUT2D eigenvalue weighted by molar-refractivity contribution is 0.0697. The van der Waals surface area contributed by atoms with E-state index in [1.165, 1.54) is 28.2 Å². The van der Waals surface area contributed by atoms with Crippen LogP contribution in [0.3, 0.4) is 0 Å². The number of amides is 1. The van der Waals surface area contributed by atoms with Gasteiger partial charge in [0.2, 0.25) is 0 Å². The van der Waals surface area contributed by atoms with E-state index in [1.807, 2.05) is 41.9 Å². The number of hydrogen-bond donors (Lipinski definition) is 2. The molecule has 0 spiro atoms. The fourth-order valence-corrected chi connectivity index (χ4v) is 3.43. The molecule has 0 radical (unpaired) electrons. The van der Waals surface area contributed by atoms with Gasteiger partial charge in [0.1, 0.15) is 0 Å². The minimum absolute atomic E-state index is 0.0547. The zero-order valence-electron chi connectivity index (χ0n) is 12.7. The second-order valence-electron chi connectivity index (χ2n) is 4.75. The number of carboxylic acid groups (broad SMARTS) is 1. The molecule has 0 fully saturated rings. The van der Waals surface area contributed by atoms with Crippen LogP contribution in [0.5, 0.6) is 0 Å². The first kappa shape index (κ1) is 18.6. The first-order valence-corrected chi connectivity index (χ1v) is 9.79. The van der Waals surface area contributed by atoms with Crippen LogP contribution >= 0.6 is 45.3 Å². The lowest BCUT2D eigenvalue weighted by Crippen LogP contribution is -2.10. The summed E-state index contributed by atoms with van der Waals surface area (Å²) in [5.74, 6) is -0.910. The minimum atomic E-state index is -0.855. The van der Waals surface area contributed by atoms with Gasteiger partial charge in [-0.3, -0.25) is 4.79 Å². The quantitative estimate of drug-likeness (QED) is 0.506. The zero-order valence-corrected chi connectivity index (χ0v) is 16.4. The molecular formula is C17H14INO3S2. The highest BCUT2D eigenvalue weighted by Gasteiger charge is 2.06. The first-order chi connectivity index (χ1) is 11.5. The Morgan fingerprint density at radius 3 is 2.12 bits per heavy atom. The smallest absolute Gasteiger partial charge is 0.336 e. The van der Waals surface area contributed by atoms with Crippen molar-refractivity contribution in [2.45, 2.75) is 6.92 Å². The Morgan fingerprint density at radius 2 is 1.67 bits per heavy atom. The predicted molar refractivity (Wildman–Crippen MR) is 107 cm³/mol. The number of halogens is 1. The number of anilines is 1. The zero-order chi connectivity index (χ0) is 17.5. The molecule has 24 heavy (non-hydrogen) atoms. The number of aryl methyl sites for hydroxylation is 1. The molecule has 0 atom stereocenters. The first-order valence-electron chi connectivity index (χ1n) is 6.82. The molecule has 3 aromatic rings. The monoisotopic (exact) mass is 471 g/mol. The van der Waals surface area contributed by atoms with Crippen molar-refractivity contribution in [1.82, 2.24) is 0 Å². The van der Waals surface area contributed by atoms with E-state index in [0.29, 0.717) is 11.1 Å². The van der Waals surface area contributed by atoms with E-state index in [2.05, 4.69) is 27.9 Å². The van der Waals surface area contributed by atoms with Crippen LogP contribution in [0.4, 0.5) is 5.69 Å². The molecule has 1 amide bonds. The van der Waals surface area contributed by atoms with E-state index >= 15 is 0 Å². The molecular weight excluding hydrogens is 457 g/mol. The van der Waals surface area contributed by atoms with Crippen molar-refractivity contribution in [3.8, 4) is 0 Å². The second-order valence-corrected chi connectivity index (χ2v) is 7.47. The maximum Gasteiger partial charge on any atom is 0.336 e. The molecule has 4 nitrogen and oxygen atoms in total. The number of aromatic carboxylic acids is 1. The van der Waals surface area contributed by atoms with E-state index in [9.17, 15) is 9.59 Å². The third-order valence-electron chi connectivity index (χ3n) is 2.98. The summed E-state index contributed by atoms with van der Waals surface area (Å²) in [5, 5.41) is 18.2. The van der Waals surface area contributed by atoms with Gasteiger partial charge in [0, 0.05) is 20.0 Å². The number of hydrogen-bond acceptors (Lipinski definition) is 4. The van der Waals surface area contributed by atoms with Crippen LogP contribution in [-0.2, 0) is 0 Å². The summed E-state index contributed by atoms with van der Waals surface area (Å²) in [6.45, 7) is 2.05. The summed E-state index contributed by atoms with van der Waals surface area (Å²) in [6, 6.07) is 9.29. The van der Waals surface area contributed by atoms with E-state index < -0.39 is 5.97 Å². The maximum absolute atomic E-state index is 11.8. The molecule has 0 saturated heterocycles. The summed E-state index contributed by atoms with van der Waals surface area (Å²) < 4.78 is 1.15. The number of benzene rings is 1. The highest BCUT2D eigenvalue weighted by Crippen LogP contribution is 2.18. The third-order valence-corrected chi connectivity index (χ3v) is 5.51. The van der Waals surface area contributed by atoms with Crippen LogP contribution in [0.2, 0.25) is 0 Å². The Bertz CT molecular complexity index is 814. The average molecular weight is 471 g/mol. The van der Waals surface area contributed by atoms with Gasteiger partial charge in [-0.05, 0) is 70.1 Å². The average Bonchev–Trinajstić information content (AvgIpc) is 3.24. The van der Waals surface area contributed by atoms with Crippen molar-refractivity contribution in [2.75, 3.05) is 5.32 Å². The molecule has 0 aliphatic rings. The van der Waals surface area contributed by atoms with Crippen LogP contribution in [-0.4, -0.2) is 17.0 Å². The molecule has 1 aromatic carbocycles. The summed E-state index contributed by atoms with van der Waals surface area (Å²) in [4.78, 5) is 21.8. The van der Waals surface area contributed by atoms with E-state index in [-0.39, 0.29) is 5.91 Å². The lowest BCUT2D eigenvalue weighted by atomic mass is 10.2. The number of carbonyl (C=O) groups excluding carboxylic acids is 1.